The lowest BCUT2D eigenvalue weighted by Gasteiger charge is -2.19. The number of hydrogen-bond donors (Lipinski definition) is 0. The van der Waals surface area contributed by atoms with E-state index in [4.69, 9.17) is 4.98 Å². The minimum Gasteiger partial charge on any atom is -0.296 e. The fraction of sp³-hybridized carbons (Fsp3) is 0.0377. The molecule has 4 heteroatoms. The second kappa shape index (κ2) is 12.7. The number of thiophene rings is 2. The van der Waals surface area contributed by atoms with Gasteiger partial charge in [-0.05, 0) is 97.9 Å². The fourth-order valence-electron chi connectivity index (χ4n) is 9.39. The molecule has 2 nitrogen and oxygen atoms in total. The van der Waals surface area contributed by atoms with E-state index in [9.17, 15) is 0 Å². The molecule has 9 aromatic carbocycles. The van der Waals surface area contributed by atoms with Crippen LogP contribution in [0.2, 0.25) is 0 Å². The third-order valence-electron chi connectivity index (χ3n) is 11.8. The molecule has 12 rings (SSSR count). The number of imidazole rings is 1. The minimum atomic E-state index is 0.824. The van der Waals surface area contributed by atoms with E-state index in [1.165, 1.54) is 95.3 Å². The molecule has 0 saturated heterocycles. The van der Waals surface area contributed by atoms with Crippen LogP contribution in [0.15, 0.2) is 176 Å². The normalized spacial score (nSPS) is 12.0. The average Bonchev–Trinajstić information content (AvgIpc) is 3.97. The van der Waals surface area contributed by atoms with Gasteiger partial charge < -0.3 is 0 Å². The van der Waals surface area contributed by atoms with Gasteiger partial charge in [0.1, 0.15) is 5.82 Å². The summed E-state index contributed by atoms with van der Waals surface area (Å²) in [6.07, 6.45) is 0.824. The van der Waals surface area contributed by atoms with Crippen molar-refractivity contribution in [1.82, 2.24) is 9.55 Å². The van der Waals surface area contributed by atoms with Crippen LogP contribution in [0.25, 0.3) is 112 Å². The molecule has 0 unspecified atom stereocenters. The van der Waals surface area contributed by atoms with Crippen molar-refractivity contribution in [2.45, 2.75) is 13.3 Å². The van der Waals surface area contributed by atoms with Gasteiger partial charge in [0.15, 0.2) is 0 Å². The fourth-order valence-corrected chi connectivity index (χ4v) is 11.7. The van der Waals surface area contributed by atoms with Gasteiger partial charge in [-0.2, -0.15) is 0 Å². The van der Waals surface area contributed by atoms with Crippen molar-refractivity contribution in [2.24, 2.45) is 0 Å². The van der Waals surface area contributed by atoms with E-state index in [2.05, 4.69) is 187 Å². The summed E-state index contributed by atoms with van der Waals surface area (Å²) in [5.74, 6) is 1.06. The van der Waals surface area contributed by atoms with Crippen molar-refractivity contribution in [3.8, 4) is 39.1 Å². The number of benzene rings is 9. The standard InChI is InChI=1S/C53H34N2S2/c1-2-49-54-44-26-12-25-41(53(44)55(49)32-15-4-3-5-16-32)50-37-21-10-19-33(35-23-13-29-47-51(35)39-17-6-8-27-45(39)56-47)42(37)31-43-34(20-11-22-38(43)50)36-24-14-30-48-52(36)40-18-7-9-28-46(40)57-48/h3-31H,2H2,1H3. The van der Waals surface area contributed by atoms with Crippen LogP contribution in [-0.2, 0) is 6.42 Å². The highest BCUT2D eigenvalue weighted by molar-refractivity contribution is 7.26. The lowest BCUT2D eigenvalue weighted by atomic mass is 9.85. The molecule has 0 bridgehead atoms. The topological polar surface area (TPSA) is 17.8 Å². The number of hydrogen-bond acceptors (Lipinski definition) is 3. The summed E-state index contributed by atoms with van der Waals surface area (Å²) in [6, 6.07) is 65.1. The van der Waals surface area contributed by atoms with Crippen molar-refractivity contribution in [3.63, 3.8) is 0 Å². The Hall–Kier alpha value is -6.59. The molecule has 0 atom stereocenters. The first-order valence-electron chi connectivity index (χ1n) is 19.6. The van der Waals surface area contributed by atoms with Gasteiger partial charge in [-0.15, -0.1) is 22.7 Å². The van der Waals surface area contributed by atoms with Gasteiger partial charge in [0.2, 0.25) is 0 Å². The maximum atomic E-state index is 5.26. The molecule has 0 aliphatic carbocycles. The van der Waals surface area contributed by atoms with E-state index in [0.29, 0.717) is 0 Å². The predicted octanol–water partition coefficient (Wildman–Crippen LogP) is 15.6. The zero-order valence-corrected chi connectivity index (χ0v) is 32.8. The van der Waals surface area contributed by atoms with Gasteiger partial charge >= 0.3 is 0 Å². The zero-order chi connectivity index (χ0) is 37.6. The predicted molar refractivity (Wildman–Crippen MR) is 248 cm³/mol. The maximum Gasteiger partial charge on any atom is 0.114 e. The zero-order valence-electron chi connectivity index (χ0n) is 31.2. The van der Waals surface area contributed by atoms with Crippen molar-refractivity contribution >= 4 is 95.6 Å². The lowest BCUT2D eigenvalue weighted by molar-refractivity contribution is 0.909. The van der Waals surface area contributed by atoms with Gasteiger partial charge in [-0.25, -0.2) is 4.98 Å². The van der Waals surface area contributed by atoms with Crippen LogP contribution in [-0.4, -0.2) is 9.55 Å². The highest BCUT2D eigenvalue weighted by atomic mass is 32.1. The van der Waals surface area contributed by atoms with E-state index in [1.54, 1.807) is 0 Å². The van der Waals surface area contributed by atoms with Crippen LogP contribution < -0.4 is 0 Å². The summed E-state index contributed by atoms with van der Waals surface area (Å²) >= 11 is 3.76. The van der Waals surface area contributed by atoms with Crippen molar-refractivity contribution in [3.05, 3.63) is 182 Å². The molecular formula is C53H34N2S2. The first-order valence-corrected chi connectivity index (χ1v) is 21.2. The van der Waals surface area contributed by atoms with Crippen molar-refractivity contribution in [1.29, 1.82) is 0 Å². The van der Waals surface area contributed by atoms with Gasteiger partial charge in [-0.1, -0.05) is 134 Å². The second-order valence-corrected chi connectivity index (χ2v) is 17.0. The molecule has 0 radical (unpaired) electrons. The van der Waals surface area contributed by atoms with Gasteiger partial charge in [0, 0.05) is 58.0 Å². The Morgan fingerprint density at radius 3 is 1.49 bits per heavy atom. The van der Waals surface area contributed by atoms with E-state index in [0.717, 1.165) is 29.0 Å². The third kappa shape index (κ3) is 4.84. The third-order valence-corrected chi connectivity index (χ3v) is 14.0. The number of aryl methyl sites for hydroxylation is 1. The van der Waals surface area contributed by atoms with Crippen LogP contribution >= 0.6 is 22.7 Å². The monoisotopic (exact) mass is 762 g/mol. The molecule has 0 spiro atoms. The molecule has 0 N–H and O–H groups in total. The Labute approximate surface area is 337 Å². The summed E-state index contributed by atoms with van der Waals surface area (Å²) in [5, 5.41) is 10.2. The molecule has 268 valence electrons. The Morgan fingerprint density at radius 2 is 0.895 bits per heavy atom. The number of para-hydroxylation sites is 2. The summed E-state index contributed by atoms with van der Waals surface area (Å²) in [5.41, 5.74) is 10.7. The Kier molecular flexibility index (Phi) is 7.28. The number of fused-ring (bicyclic) bond motifs is 9. The summed E-state index contributed by atoms with van der Waals surface area (Å²) in [4.78, 5) is 5.26. The SMILES string of the molecule is CCc1nc2cccc(-c3c4cccc(-c5cccc6sc7ccccc7c56)c4cc4c(-c5cccc6sc7ccccc7c56)cccc34)c2n1-c1ccccc1. The molecule has 0 aliphatic rings. The second-order valence-electron chi connectivity index (χ2n) is 14.8. The molecule has 0 saturated carbocycles. The van der Waals surface area contributed by atoms with Gasteiger partial charge in [0.25, 0.3) is 0 Å². The van der Waals surface area contributed by atoms with E-state index >= 15 is 0 Å². The highest BCUT2D eigenvalue weighted by Crippen LogP contribution is 2.49. The molecule has 12 aromatic rings. The highest BCUT2D eigenvalue weighted by Gasteiger charge is 2.23. The largest absolute Gasteiger partial charge is 0.296 e. The number of aromatic nitrogens is 2. The van der Waals surface area contributed by atoms with Crippen LogP contribution in [0.5, 0.6) is 0 Å². The molecule has 3 heterocycles. The molecular weight excluding hydrogens is 729 g/mol. The van der Waals surface area contributed by atoms with Crippen LogP contribution in [0, 0.1) is 0 Å². The smallest absolute Gasteiger partial charge is 0.114 e. The molecule has 0 aliphatic heterocycles. The van der Waals surface area contributed by atoms with Crippen LogP contribution in [0.1, 0.15) is 12.7 Å². The minimum absolute atomic E-state index is 0.824. The van der Waals surface area contributed by atoms with E-state index in [1.807, 2.05) is 22.7 Å². The van der Waals surface area contributed by atoms with E-state index < -0.39 is 0 Å². The number of nitrogens with zero attached hydrogens (tertiary/aromatic N) is 2. The first kappa shape index (κ1) is 32.6. The summed E-state index contributed by atoms with van der Waals surface area (Å²) in [7, 11) is 0. The quantitative estimate of drug-likeness (QED) is 0.160. The molecule has 57 heavy (non-hydrogen) atoms. The van der Waals surface area contributed by atoms with Crippen molar-refractivity contribution < 1.29 is 0 Å². The Bertz CT molecular complexity index is 3400. The maximum absolute atomic E-state index is 5.26. The molecule has 0 amide bonds. The average molecular weight is 763 g/mol. The summed E-state index contributed by atoms with van der Waals surface area (Å²) in [6.45, 7) is 2.20. The lowest BCUT2D eigenvalue weighted by Crippen LogP contribution is -2.01. The van der Waals surface area contributed by atoms with Crippen LogP contribution in [0.3, 0.4) is 0 Å². The molecule has 3 aromatic heterocycles. The molecule has 0 fully saturated rings. The van der Waals surface area contributed by atoms with Gasteiger partial charge in [-0.3, -0.25) is 4.57 Å². The van der Waals surface area contributed by atoms with E-state index in [-0.39, 0.29) is 0 Å². The Morgan fingerprint density at radius 1 is 0.421 bits per heavy atom. The van der Waals surface area contributed by atoms with Crippen molar-refractivity contribution in [2.75, 3.05) is 0 Å². The Balaban J connectivity index is 1.26. The first-order chi connectivity index (χ1) is 28.2. The van der Waals surface area contributed by atoms with Gasteiger partial charge in [0.05, 0.1) is 11.0 Å². The summed E-state index contributed by atoms with van der Waals surface area (Å²) < 4.78 is 7.65. The van der Waals surface area contributed by atoms with Crippen LogP contribution in [0.4, 0.5) is 0 Å². The number of rotatable bonds is 5.